The van der Waals surface area contributed by atoms with Crippen molar-refractivity contribution in [3.05, 3.63) is 0 Å². The number of hydrogen-bond donors (Lipinski definition) is 1. The van der Waals surface area contributed by atoms with Crippen LogP contribution in [0.2, 0.25) is 0 Å². The predicted molar refractivity (Wildman–Crippen MR) is 135 cm³/mol. The van der Waals surface area contributed by atoms with Crippen LogP contribution >= 0.6 is 207 Å². The molecule has 0 heterocycles. The first kappa shape index (κ1) is 26.2. The standard InChI is InChI=1S/C6HBr13O/c7-1(3(9,10)11,4(12,13)14)2(8,5(15,16)17)6(18,19)20/h20H. The van der Waals surface area contributed by atoms with E-state index in [1.165, 1.54) is 0 Å². The zero-order valence-corrected chi connectivity index (χ0v) is 29.0. The van der Waals surface area contributed by atoms with Crippen molar-refractivity contribution in [3.8, 4) is 0 Å². The van der Waals surface area contributed by atoms with E-state index in [0.29, 0.717) is 0 Å². The van der Waals surface area contributed by atoms with Crippen molar-refractivity contribution in [1.29, 1.82) is 0 Å². The van der Waals surface area contributed by atoms with Crippen LogP contribution in [0.3, 0.4) is 0 Å². The fourth-order valence-electron chi connectivity index (χ4n) is 1.12. The monoisotopic (exact) mass is 1110 g/mol. The Hall–Kier alpha value is 6.20. The van der Waals surface area contributed by atoms with E-state index in [2.05, 4.69) is 207 Å². The molecule has 0 aromatic carbocycles. The average Bonchev–Trinajstić information content (AvgIpc) is 2.07. The first-order chi connectivity index (χ1) is 8.25. The predicted octanol–water partition coefficient (Wildman–Crippen LogP) is 9.21. The van der Waals surface area contributed by atoms with Crippen molar-refractivity contribution in [2.45, 2.75) is 18.5 Å². The molecule has 0 spiro atoms. The number of rotatable bonds is 2. The van der Waals surface area contributed by atoms with E-state index in [4.69, 9.17) is 0 Å². The maximum absolute atomic E-state index is 10.7. The smallest absolute Gasteiger partial charge is 0.195 e. The second-order valence-corrected chi connectivity index (χ2v) is 29.4. The Morgan fingerprint density at radius 2 is 0.600 bits per heavy atom. The molecule has 1 atom stereocenters. The van der Waals surface area contributed by atoms with Gasteiger partial charge in [-0.25, -0.2) is 0 Å². The molecule has 0 aliphatic carbocycles. The van der Waals surface area contributed by atoms with Crippen molar-refractivity contribution in [2.75, 3.05) is 0 Å². The molecule has 0 fully saturated rings. The summed E-state index contributed by atoms with van der Waals surface area (Å²) in [6.45, 7) is 0. The van der Waals surface area contributed by atoms with E-state index < -0.39 is 18.5 Å². The van der Waals surface area contributed by atoms with Crippen molar-refractivity contribution >= 4 is 207 Å². The number of alkyl halides is 13. The summed E-state index contributed by atoms with van der Waals surface area (Å²) < 4.78 is -6.65. The van der Waals surface area contributed by atoms with Gasteiger partial charge in [-0.05, 0) is 31.9 Å². The van der Waals surface area contributed by atoms with Crippen molar-refractivity contribution in [1.82, 2.24) is 0 Å². The van der Waals surface area contributed by atoms with Gasteiger partial charge < -0.3 is 5.11 Å². The van der Waals surface area contributed by atoms with Crippen LogP contribution in [0.5, 0.6) is 0 Å². The molecule has 1 unspecified atom stereocenters. The highest BCUT2D eigenvalue weighted by Crippen LogP contribution is 2.76. The molecular weight excluding hydrogens is 1130 g/mol. The van der Waals surface area contributed by atoms with E-state index in [9.17, 15) is 5.11 Å². The largest absolute Gasteiger partial charge is 0.368 e. The van der Waals surface area contributed by atoms with Crippen LogP contribution in [-0.2, 0) is 0 Å². The molecule has 0 amide bonds. The van der Waals surface area contributed by atoms with Gasteiger partial charge in [-0.1, -0.05) is 175 Å². The quantitative estimate of drug-likeness (QED) is 0.274. The van der Waals surface area contributed by atoms with Crippen LogP contribution in [0.25, 0.3) is 0 Å². The summed E-state index contributed by atoms with van der Waals surface area (Å²) >= 11 is 45.2. The fourth-order valence-corrected chi connectivity index (χ4v) is 15.7. The molecular formula is C6HBr13O. The van der Waals surface area contributed by atoms with E-state index in [1.807, 2.05) is 0 Å². The van der Waals surface area contributed by atoms with Gasteiger partial charge in [0.15, 0.2) is 9.85 Å². The Bertz CT molecular complexity index is 289. The molecule has 0 aromatic rings. The van der Waals surface area contributed by atoms with Crippen molar-refractivity contribution in [3.63, 3.8) is 0 Å². The number of aliphatic hydroxyl groups is 1. The zero-order valence-electron chi connectivity index (χ0n) is 8.36. The fraction of sp³-hybridized carbons (Fsp3) is 1.00. The third kappa shape index (κ3) is 4.97. The lowest BCUT2D eigenvalue weighted by Gasteiger charge is -2.57. The molecule has 0 saturated carbocycles. The molecule has 14 heteroatoms. The van der Waals surface area contributed by atoms with Gasteiger partial charge in [0.25, 0.3) is 0 Å². The molecule has 0 saturated heterocycles. The topological polar surface area (TPSA) is 20.2 Å². The molecule has 0 aliphatic heterocycles. The number of halogens is 13. The third-order valence-electron chi connectivity index (χ3n) is 2.06. The maximum atomic E-state index is 10.7. The second-order valence-electron chi connectivity index (χ2n) is 3.35. The van der Waals surface area contributed by atoms with Crippen LogP contribution in [-0.4, -0.2) is 23.6 Å². The second kappa shape index (κ2) is 8.29. The summed E-state index contributed by atoms with van der Waals surface area (Å²) in [5, 5.41) is 10.7. The zero-order chi connectivity index (χ0) is 17.0. The first-order valence-corrected chi connectivity index (χ1v) is 14.2. The molecule has 0 radical (unpaired) electrons. The van der Waals surface area contributed by atoms with Gasteiger partial charge in [0.05, 0.1) is 0 Å². The van der Waals surface area contributed by atoms with Crippen LogP contribution in [0, 0.1) is 0 Å². The summed E-state index contributed by atoms with van der Waals surface area (Å²) in [5.74, 6) is 0. The van der Waals surface area contributed by atoms with Crippen LogP contribution < -0.4 is 0 Å². The number of hydrogen-bond acceptors (Lipinski definition) is 1. The summed E-state index contributed by atoms with van der Waals surface area (Å²) in [6.07, 6.45) is 0. The highest BCUT2D eigenvalue weighted by atomic mass is 80.0. The Kier molecular flexibility index (Phi) is 10.9. The molecule has 0 aromatic heterocycles. The molecule has 1 nitrogen and oxygen atoms in total. The molecule has 20 heavy (non-hydrogen) atoms. The minimum atomic E-state index is -1.59. The SMILES string of the molecule is OC(Br)(Br)C(Br)(C(Br)(Br)Br)C(Br)(C(Br)(Br)Br)C(Br)(Br)Br. The summed E-state index contributed by atoms with van der Waals surface area (Å²) in [5.41, 5.74) is 0. The Balaban J connectivity index is 6.71. The van der Waals surface area contributed by atoms with Gasteiger partial charge in [0, 0.05) is 0 Å². The van der Waals surface area contributed by atoms with E-state index in [1.54, 1.807) is 0 Å². The summed E-state index contributed by atoms with van der Waals surface area (Å²) in [4.78, 5) is 0. The normalized spacial score (nSPS) is 18.9. The van der Waals surface area contributed by atoms with Gasteiger partial charge in [-0.15, -0.1) is 0 Å². The van der Waals surface area contributed by atoms with Crippen LogP contribution in [0.1, 0.15) is 0 Å². The lowest BCUT2D eigenvalue weighted by Crippen LogP contribution is -2.71. The summed E-state index contributed by atoms with van der Waals surface area (Å²) in [7, 11) is 0. The molecule has 1 N–H and O–H groups in total. The van der Waals surface area contributed by atoms with Gasteiger partial charge in [0.1, 0.15) is 8.65 Å². The van der Waals surface area contributed by atoms with E-state index >= 15 is 0 Å². The molecule has 0 rings (SSSR count). The molecule has 0 aliphatic rings. The van der Waals surface area contributed by atoms with Crippen LogP contribution in [0.4, 0.5) is 0 Å². The van der Waals surface area contributed by atoms with E-state index in [-0.39, 0.29) is 0 Å². The summed E-state index contributed by atoms with van der Waals surface area (Å²) in [6, 6.07) is 0. The minimum absolute atomic E-state index is 0.907. The van der Waals surface area contributed by atoms with Gasteiger partial charge in [-0.2, -0.15) is 0 Å². The maximum Gasteiger partial charge on any atom is 0.195 e. The third-order valence-corrected chi connectivity index (χ3v) is 18.5. The van der Waals surface area contributed by atoms with Crippen molar-refractivity contribution < 1.29 is 5.11 Å². The molecule has 0 bridgehead atoms. The Morgan fingerprint density at radius 1 is 0.400 bits per heavy atom. The highest BCUT2D eigenvalue weighted by molar-refractivity contribution is 9.42. The molecule has 122 valence electrons. The van der Waals surface area contributed by atoms with Crippen molar-refractivity contribution in [2.24, 2.45) is 0 Å². The lowest BCUT2D eigenvalue weighted by atomic mass is 9.97. The lowest BCUT2D eigenvalue weighted by molar-refractivity contribution is 0.185. The van der Waals surface area contributed by atoms with Crippen LogP contribution in [0.15, 0.2) is 0 Å². The van der Waals surface area contributed by atoms with E-state index in [0.717, 1.165) is 0 Å². The highest BCUT2D eigenvalue weighted by Gasteiger charge is 2.78. The Morgan fingerprint density at radius 3 is 0.650 bits per heavy atom. The van der Waals surface area contributed by atoms with Gasteiger partial charge >= 0.3 is 0 Å². The Labute approximate surface area is 226 Å². The van der Waals surface area contributed by atoms with Gasteiger partial charge in [0.2, 0.25) is 0 Å². The van der Waals surface area contributed by atoms with Gasteiger partial charge in [-0.3, -0.25) is 0 Å². The first-order valence-electron chi connectivity index (χ1n) is 3.93. The minimum Gasteiger partial charge on any atom is -0.368 e. The average molecular weight is 1130 g/mol.